The van der Waals surface area contributed by atoms with E-state index in [0.29, 0.717) is 34.7 Å². The number of ketones is 1. The van der Waals surface area contributed by atoms with E-state index in [4.69, 9.17) is 9.15 Å². The molecule has 0 atom stereocenters. The molecule has 1 heterocycles. The number of hydrogen-bond acceptors (Lipinski definition) is 7. The molecule has 0 bridgehead atoms. The quantitative estimate of drug-likeness (QED) is 0.276. The third kappa shape index (κ3) is 4.51. The third-order valence-corrected chi connectivity index (χ3v) is 4.43. The highest BCUT2D eigenvalue weighted by atomic mass is 16.5. The highest BCUT2D eigenvalue weighted by Gasteiger charge is 2.23. The Balaban J connectivity index is 1.78. The van der Waals surface area contributed by atoms with Crippen molar-refractivity contribution >= 4 is 28.3 Å². The molecule has 1 aromatic heterocycles. The summed E-state index contributed by atoms with van der Waals surface area (Å²) in [5.41, 5.74) is 3.55. The number of carbonyl (C=O) groups is 1. The zero-order chi connectivity index (χ0) is 21.6. The number of nitrogens with zero attached hydrogens (tertiary/aromatic N) is 2. The van der Waals surface area contributed by atoms with Gasteiger partial charge in [-0.15, -0.1) is 0 Å². The van der Waals surface area contributed by atoms with E-state index in [0.717, 1.165) is 0 Å². The van der Waals surface area contributed by atoms with Gasteiger partial charge >= 0.3 is 5.63 Å². The summed E-state index contributed by atoms with van der Waals surface area (Å²) in [6.07, 6.45) is 0. The molecule has 0 radical (unpaired) electrons. The van der Waals surface area contributed by atoms with E-state index in [1.807, 2.05) is 25.1 Å². The summed E-state index contributed by atoms with van der Waals surface area (Å²) in [5.74, 6) is 0.171. The molecule has 0 spiro atoms. The van der Waals surface area contributed by atoms with Crippen LogP contribution < -0.4 is 15.8 Å². The van der Waals surface area contributed by atoms with Crippen molar-refractivity contribution in [3.63, 3.8) is 0 Å². The number of hydrogen-bond donors (Lipinski definition) is 1. The molecule has 4 rings (SSSR count). The number of hydrazone groups is 1. The number of benzene rings is 3. The number of Topliss-reactive ketones (excluding diaryl/α,β-unsaturated/α-hetero) is 1. The van der Waals surface area contributed by atoms with Crippen LogP contribution in [0.3, 0.4) is 0 Å². The number of rotatable bonds is 7. The summed E-state index contributed by atoms with van der Waals surface area (Å²) < 4.78 is 10.8. The maximum Gasteiger partial charge on any atom is 0.364 e. The van der Waals surface area contributed by atoms with Crippen LogP contribution in [0.15, 0.2) is 93.2 Å². The molecule has 0 saturated carbocycles. The van der Waals surface area contributed by atoms with Crippen LogP contribution in [0.4, 0.5) is 5.69 Å². The van der Waals surface area contributed by atoms with Crippen molar-refractivity contribution in [2.24, 2.45) is 5.10 Å². The summed E-state index contributed by atoms with van der Waals surface area (Å²) in [6.45, 7) is 2.40. The standard InChI is InChI=1S/C24H19N3O4/c1-2-30-18-14-12-16(13-15-18)23(28)21(27-26-17-8-4-3-5-9-17)22-24(29)31-20-11-7-6-10-19(20)25-22/h3-15,26H,2H2,1H3/b27-21+. The lowest BCUT2D eigenvalue weighted by atomic mass is 10.0. The zero-order valence-corrected chi connectivity index (χ0v) is 16.7. The zero-order valence-electron chi connectivity index (χ0n) is 16.7. The number of aromatic nitrogens is 1. The number of fused-ring (bicyclic) bond motifs is 1. The summed E-state index contributed by atoms with van der Waals surface area (Å²) in [5, 5.41) is 4.23. The first-order chi connectivity index (χ1) is 15.2. The van der Waals surface area contributed by atoms with E-state index in [1.54, 1.807) is 60.7 Å². The second-order valence-corrected chi connectivity index (χ2v) is 6.54. The largest absolute Gasteiger partial charge is 0.494 e. The molecule has 0 aliphatic heterocycles. The van der Waals surface area contributed by atoms with Gasteiger partial charge in [0.25, 0.3) is 0 Å². The van der Waals surface area contributed by atoms with Gasteiger partial charge in [0.05, 0.1) is 12.3 Å². The lowest BCUT2D eigenvalue weighted by Gasteiger charge is -2.08. The molecule has 7 nitrogen and oxygen atoms in total. The molecule has 0 saturated heterocycles. The fourth-order valence-corrected chi connectivity index (χ4v) is 2.95. The first-order valence-corrected chi connectivity index (χ1v) is 9.72. The Hall–Kier alpha value is -4.26. The molecule has 0 unspecified atom stereocenters. The van der Waals surface area contributed by atoms with Gasteiger partial charge in [-0.25, -0.2) is 9.78 Å². The maximum absolute atomic E-state index is 13.3. The Morgan fingerprint density at radius 2 is 1.71 bits per heavy atom. The normalized spacial score (nSPS) is 11.3. The van der Waals surface area contributed by atoms with E-state index in [9.17, 15) is 9.59 Å². The van der Waals surface area contributed by atoms with Crippen LogP contribution in [-0.4, -0.2) is 23.1 Å². The van der Waals surface area contributed by atoms with E-state index in [1.165, 1.54) is 0 Å². The fraction of sp³-hybridized carbons (Fsp3) is 0.0833. The van der Waals surface area contributed by atoms with E-state index in [-0.39, 0.29) is 11.4 Å². The molecule has 31 heavy (non-hydrogen) atoms. The van der Waals surface area contributed by atoms with Crippen LogP contribution in [-0.2, 0) is 0 Å². The lowest BCUT2D eigenvalue weighted by molar-refractivity contribution is 0.106. The summed E-state index contributed by atoms with van der Waals surface area (Å²) >= 11 is 0. The number of carbonyl (C=O) groups excluding carboxylic acids is 1. The van der Waals surface area contributed by atoms with Crippen LogP contribution in [0.25, 0.3) is 11.1 Å². The number of para-hydroxylation sites is 3. The minimum Gasteiger partial charge on any atom is -0.494 e. The SMILES string of the molecule is CCOc1ccc(C(=O)/C(=N/Nc2ccccc2)c2nc3ccccc3oc2=O)cc1. The molecule has 1 N–H and O–H groups in total. The molecule has 0 aliphatic rings. The van der Waals surface area contributed by atoms with Gasteiger partial charge in [-0.1, -0.05) is 30.3 Å². The molecule has 7 heteroatoms. The van der Waals surface area contributed by atoms with Crippen molar-refractivity contribution in [3.05, 3.63) is 101 Å². The molecule has 3 aromatic carbocycles. The number of ether oxygens (including phenoxy) is 1. The summed E-state index contributed by atoms with van der Waals surface area (Å²) in [6, 6.07) is 22.6. The second kappa shape index (κ2) is 9.04. The van der Waals surface area contributed by atoms with Gasteiger partial charge < -0.3 is 9.15 Å². The second-order valence-electron chi connectivity index (χ2n) is 6.54. The molecule has 0 fully saturated rings. The highest BCUT2D eigenvalue weighted by Crippen LogP contribution is 2.16. The Labute approximate surface area is 178 Å². The van der Waals surface area contributed by atoms with Gasteiger partial charge in [0, 0.05) is 5.56 Å². The predicted octanol–water partition coefficient (Wildman–Crippen LogP) is 4.29. The van der Waals surface area contributed by atoms with Crippen molar-refractivity contribution in [1.29, 1.82) is 0 Å². The minimum absolute atomic E-state index is 0.146. The van der Waals surface area contributed by atoms with Gasteiger partial charge in [-0.05, 0) is 55.5 Å². The van der Waals surface area contributed by atoms with E-state index in [2.05, 4.69) is 15.5 Å². The molecule has 0 aliphatic carbocycles. The van der Waals surface area contributed by atoms with Crippen molar-refractivity contribution in [2.45, 2.75) is 6.92 Å². The third-order valence-electron chi connectivity index (χ3n) is 4.43. The van der Waals surface area contributed by atoms with Gasteiger partial charge in [-0.3, -0.25) is 10.2 Å². The van der Waals surface area contributed by atoms with Crippen LogP contribution in [0.5, 0.6) is 5.75 Å². The lowest BCUT2D eigenvalue weighted by Crippen LogP contribution is -2.26. The van der Waals surface area contributed by atoms with Crippen molar-refractivity contribution in [2.75, 3.05) is 12.0 Å². The van der Waals surface area contributed by atoms with Gasteiger partial charge in [0.2, 0.25) is 5.78 Å². The van der Waals surface area contributed by atoms with Crippen LogP contribution in [0, 0.1) is 0 Å². The van der Waals surface area contributed by atoms with Crippen LogP contribution in [0.1, 0.15) is 23.0 Å². The van der Waals surface area contributed by atoms with Crippen molar-refractivity contribution < 1.29 is 13.9 Å². The summed E-state index contributed by atoms with van der Waals surface area (Å²) in [7, 11) is 0. The highest BCUT2D eigenvalue weighted by molar-refractivity contribution is 6.51. The Morgan fingerprint density at radius 1 is 1.00 bits per heavy atom. The molecule has 4 aromatic rings. The van der Waals surface area contributed by atoms with Gasteiger partial charge in [0.15, 0.2) is 17.0 Å². The monoisotopic (exact) mass is 413 g/mol. The molecule has 154 valence electrons. The Bertz CT molecular complexity index is 1300. The summed E-state index contributed by atoms with van der Waals surface area (Å²) in [4.78, 5) is 30.3. The topological polar surface area (TPSA) is 93.8 Å². The average Bonchev–Trinajstić information content (AvgIpc) is 2.80. The number of nitrogens with one attached hydrogen (secondary N) is 1. The predicted molar refractivity (Wildman–Crippen MR) is 119 cm³/mol. The van der Waals surface area contributed by atoms with Crippen LogP contribution >= 0.6 is 0 Å². The van der Waals surface area contributed by atoms with Crippen molar-refractivity contribution in [3.8, 4) is 5.75 Å². The van der Waals surface area contributed by atoms with E-state index >= 15 is 0 Å². The molecular formula is C24H19N3O4. The van der Waals surface area contributed by atoms with E-state index < -0.39 is 11.4 Å². The Kier molecular flexibility index (Phi) is 5.84. The Morgan fingerprint density at radius 3 is 2.45 bits per heavy atom. The first-order valence-electron chi connectivity index (χ1n) is 9.72. The van der Waals surface area contributed by atoms with Gasteiger partial charge in [0.1, 0.15) is 11.3 Å². The average molecular weight is 413 g/mol. The fourth-order valence-electron chi connectivity index (χ4n) is 2.95. The van der Waals surface area contributed by atoms with Crippen molar-refractivity contribution in [1.82, 2.24) is 4.98 Å². The first kappa shape index (κ1) is 20.0. The van der Waals surface area contributed by atoms with Crippen LogP contribution in [0.2, 0.25) is 0 Å². The minimum atomic E-state index is -0.744. The number of anilines is 1. The maximum atomic E-state index is 13.3. The molecule has 0 amide bonds. The van der Waals surface area contributed by atoms with Gasteiger partial charge in [-0.2, -0.15) is 5.10 Å². The molecular weight excluding hydrogens is 394 g/mol. The smallest absolute Gasteiger partial charge is 0.364 e.